The summed E-state index contributed by atoms with van der Waals surface area (Å²) >= 11 is 0. The highest BCUT2D eigenvalue weighted by molar-refractivity contribution is 5.86. The van der Waals surface area contributed by atoms with Crippen molar-refractivity contribution >= 4 is 11.5 Å². The fourth-order valence-electron chi connectivity index (χ4n) is 2.74. The van der Waals surface area contributed by atoms with Gasteiger partial charge in [0.1, 0.15) is 23.0 Å². The second kappa shape index (κ2) is 8.43. The molecule has 5 heteroatoms. The third-order valence-electron chi connectivity index (χ3n) is 3.95. The lowest BCUT2D eigenvalue weighted by Crippen LogP contribution is -2.06. The third kappa shape index (κ3) is 4.36. The highest BCUT2D eigenvalue weighted by Crippen LogP contribution is 2.40. The number of benzene rings is 2. The molecule has 0 amide bonds. The van der Waals surface area contributed by atoms with Crippen LogP contribution < -0.4 is 9.47 Å². The molecule has 138 valence electrons. The van der Waals surface area contributed by atoms with Crippen LogP contribution in [0.15, 0.2) is 36.9 Å². The van der Waals surface area contributed by atoms with Gasteiger partial charge in [0.25, 0.3) is 0 Å². The molecule has 0 saturated heterocycles. The molecule has 0 atom stereocenters. The zero-order valence-electron chi connectivity index (χ0n) is 15.6. The fourth-order valence-corrected chi connectivity index (χ4v) is 2.74. The summed E-state index contributed by atoms with van der Waals surface area (Å²) in [6.45, 7) is 9.93. The van der Waals surface area contributed by atoms with E-state index in [0.29, 0.717) is 29.4 Å². The Labute approximate surface area is 153 Å². The molecule has 0 unspecified atom stereocenters. The number of aryl methyl sites for hydroxylation is 1. The molecule has 2 rings (SSSR count). The predicted molar refractivity (Wildman–Crippen MR) is 101 cm³/mol. The molecule has 0 fully saturated rings. The summed E-state index contributed by atoms with van der Waals surface area (Å²) in [6.07, 6.45) is 0.0985. The highest BCUT2D eigenvalue weighted by Gasteiger charge is 2.19. The summed E-state index contributed by atoms with van der Waals surface area (Å²) in [5.41, 5.74) is 3.08. The van der Waals surface area contributed by atoms with Crippen molar-refractivity contribution in [1.82, 2.24) is 0 Å². The van der Waals surface area contributed by atoms with Gasteiger partial charge in [0, 0.05) is 11.1 Å². The second-order valence-corrected chi connectivity index (χ2v) is 5.91. The molecule has 0 heterocycles. The Morgan fingerprint density at radius 3 is 2.38 bits per heavy atom. The van der Waals surface area contributed by atoms with E-state index in [9.17, 15) is 9.90 Å². The van der Waals surface area contributed by atoms with Gasteiger partial charge in [-0.2, -0.15) is 0 Å². The molecular formula is C21H24O5. The quantitative estimate of drug-likeness (QED) is 0.724. The number of phenols is 1. The normalized spacial score (nSPS) is 10.3. The van der Waals surface area contributed by atoms with Gasteiger partial charge in [0.05, 0.1) is 20.1 Å². The first kappa shape index (κ1) is 19.4. The number of carbonyl (C=O) groups is 1. The van der Waals surface area contributed by atoms with Gasteiger partial charge in [0.2, 0.25) is 0 Å². The molecule has 26 heavy (non-hydrogen) atoms. The standard InChI is InChI=1S/C21H24O5/c1-6-25-19(23)12-13(2)18-11-14(3)20(15(4)21(18)24-5)26-17-9-7-16(22)8-10-17/h7-11,22H,2,6,12H2,1,3-5H3. The van der Waals surface area contributed by atoms with Crippen molar-refractivity contribution in [3.63, 3.8) is 0 Å². The van der Waals surface area contributed by atoms with Crippen molar-refractivity contribution in [2.75, 3.05) is 13.7 Å². The van der Waals surface area contributed by atoms with E-state index in [0.717, 1.165) is 16.7 Å². The maximum absolute atomic E-state index is 11.8. The molecule has 1 N–H and O–H groups in total. The third-order valence-corrected chi connectivity index (χ3v) is 3.95. The molecule has 0 aliphatic heterocycles. The molecule has 0 radical (unpaired) electrons. The van der Waals surface area contributed by atoms with Gasteiger partial charge >= 0.3 is 5.97 Å². The Morgan fingerprint density at radius 2 is 1.81 bits per heavy atom. The van der Waals surface area contributed by atoms with Crippen molar-refractivity contribution in [3.05, 3.63) is 53.6 Å². The Kier molecular flexibility index (Phi) is 6.28. The van der Waals surface area contributed by atoms with Gasteiger partial charge in [0.15, 0.2) is 0 Å². The summed E-state index contributed by atoms with van der Waals surface area (Å²) in [4.78, 5) is 11.8. The van der Waals surface area contributed by atoms with Crippen LogP contribution in [0.2, 0.25) is 0 Å². The number of esters is 1. The number of aromatic hydroxyl groups is 1. The number of carbonyl (C=O) groups excluding carboxylic acids is 1. The molecule has 2 aromatic rings. The van der Waals surface area contributed by atoms with E-state index in [4.69, 9.17) is 14.2 Å². The monoisotopic (exact) mass is 356 g/mol. The minimum absolute atomic E-state index is 0.0985. The van der Waals surface area contributed by atoms with Gasteiger partial charge in [-0.1, -0.05) is 6.58 Å². The smallest absolute Gasteiger partial charge is 0.310 e. The molecule has 0 aliphatic carbocycles. The summed E-state index contributed by atoms with van der Waals surface area (Å²) in [5.74, 6) is 1.74. The lowest BCUT2D eigenvalue weighted by Gasteiger charge is -2.19. The summed E-state index contributed by atoms with van der Waals surface area (Å²) in [5, 5.41) is 9.40. The molecule has 0 bridgehead atoms. The van der Waals surface area contributed by atoms with Gasteiger partial charge < -0.3 is 19.3 Å². The van der Waals surface area contributed by atoms with Gasteiger partial charge in [-0.05, 0) is 62.2 Å². The van der Waals surface area contributed by atoms with Crippen molar-refractivity contribution < 1.29 is 24.1 Å². The summed E-state index contributed by atoms with van der Waals surface area (Å²) < 4.78 is 16.5. The largest absolute Gasteiger partial charge is 0.508 e. The minimum Gasteiger partial charge on any atom is -0.508 e. The van der Waals surface area contributed by atoms with Crippen LogP contribution in [-0.2, 0) is 9.53 Å². The Hall–Kier alpha value is -2.95. The molecule has 2 aromatic carbocycles. The first-order valence-corrected chi connectivity index (χ1v) is 8.36. The van der Waals surface area contributed by atoms with Crippen molar-refractivity contribution in [1.29, 1.82) is 0 Å². The highest BCUT2D eigenvalue weighted by atomic mass is 16.5. The average molecular weight is 356 g/mol. The number of hydrogen-bond acceptors (Lipinski definition) is 5. The lowest BCUT2D eigenvalue weighted by atomic mass is 9.97. The lowest BCUT2D eigenvalue weighted by molar-refractivity contribution is -0.141. The van der Waals surface area contributed by atoms with E-state index >= 15 is 0 Å². The van der Waals surface area contributed by atoms with E-state index in [1.54, 1.807) is 38.3 Å². The average Bonchev–Trinajstić information content (AvgIpc) is 2.60. The number of hydrogen-bond donors (Lipinski definition) is 1. The van der Waals surface area contributed by atoms with Crippen LogP contribution in [0.1, 0.15) is 30.0 Å². The van der Waals surface area contributed by atoms with Crippen LogP contribution in [0.4, 0.5) is 0 Å². The first-order chi connectivity index (χ1) is 12.4. The Balaban J connectivity index is 2.37. The second-order valence-electron chi connectivity index (χ2n) is 5.91. The summed E-state index contributed by atoms with van der Waals surface area (Å²) in [7, 11) is 1.57. The molecule has 0 aliphatic rings. The van der Waals surface area contributed by atoms with Crippen LogP contribution in [0, 0.1) is 13.8 Å². The minimum atomic E-state index is -0.320. The van der Waals surface area contributed by atoms with E-state index < -0.39 is 0 Å². The molecule has 5 nitrogen and oxygen atoms in total. The van der Waals surface area contributed by atoms with Gasteiger partial charge in [-0.3, -0.25) is 4.79 Å². The zero-order valence-corrected chi connectivity index (χ0v) is 15.6. The SMILES string of the molecule is C=C(CC(=O)OCC)c1cc(C)c(Oc2ccc(O)cc2)c(C)c1OC. The van der Waals surface area contributed by atoms with Crippen molar-refractivity contribution in [3.8, 4) is 23.0 Å². The number of ether oxygens (including phenoxy) is 3. The van der Waals surface area contributed by atoms with Gasteiger partial charge in [-0.15, -0.1) is 0 Å². The van der Waals surface area contributed by atoms with Crippen LogP contribution in [0.5, 0.6) is 23.0 Å². The van der Waals surface area contributed by atoms with E-state index in [2.05, 4.69) is 6.58 Å². The van der Waals surface area contributed by atoms with Crippen LogP contribution in [-0.4, -0.2) is 24.8 Å². The first-order valence-electron chi connectivity index (χ1n) is 8.36. The molecule has 0 spiro atoms. The zero-order chi connectivity index (χ0) is 19.3. The van der Waals surface area contributed by atoms with Crippen LogP contribution in [0.25, 0.3) is 5.57 Å². The Bertz CT molecular complexity index is 806. The van der Waals surface area contributed by atoms with Crippen LogP contribution in [0.3, 0.4) is 0 Å². The van der Waals surface area contributed by atoms with E-state index in [-0.39, 0.29) is 18.1 Å². The van der Waals surface area contributed by atoms with Crippen molar-refractivity contribution in [2.45, 2.75) is 27.2 Å². The maximum atomic E-state index is 11.8. The predicted octanol–water partition coefficient (Wildman–Crippen LogP) is 4.78. The molecule has 0 aromatic heterocycles. The molecule has 0 saturated carbocycles. The topological polar surface area (TPSA) is 65.0 Å². The number of methoxy groups -OCH3 is 1. The number of phenolic OH excluding ortho intramolecular Hbond substituents is 1. The molecular weight excluding hydrogens is 332 g/mol. The van der Waals surface area contributed by atoms with Gasteiger partial charge in [-0.25, -0.2) is 0 Å². The van der Waals surface area contributed by atoms with Crippen molar-refractivity contribution in [2.24, 2.45) is 0 Å². The number of rotatable bonds is 7. The Morgan fingerprint density at radius 1 is 1.15 bits per heavy atom. The summed E-state index contributed by atoms with van der Waals surface area (Å²) in [6, 6.07) is 8.39. The van der Waals surface area contributed by atoms with E-state index in [1.807, 2.05) is 19.9 Å². The maximum Gasteiger partial charge on any atom is 0.310 e. The van der Waals surface area contributed by atoms with E-state index in [1.165, 1.54) is 0 Å². The fraction of sp³-hybridized carbons (Fsp3) is 0.286. The van der Waals surface area contributed by atoms with Crippen LogP contribution >= 0.6 is 0 Å².